The van der Waals surface area contributed by atoms with Crippen LogP contribution >= 0.6 is 0 Å². The van der Waals surface area contributed by atoms with Crippen molar-refractivity contribution in [3.8, 4) is 0 Å². The van der Waals surface area contributed by atoms with E-state index in [4.69, 9.17) is 0 Å². The van der Waals surface area contributed by atoms with Crippen LogP contribution in [0.15, 0.2) is 0 Å². The third-order valence-corrected chi connectivity index (χ3v) is 2.71. The second-order valence-electron chi connectivity index (χ2n) is 3.63. The summed E-state index contributed by atoms with van der Waals surface area (Å²) in [4.78, 5) is 0. The van der Waals surface area contributed by atoms with Crippen molar-refractivity contribution in [2.75, 3.05) is 0 Å². The number of rotatable bonds is 2. The zero-order valence-corrected chi connectivity index (χ0v) is 8.20. The Bertz CT molecular complexity index is 205. The van der Waals surface area contributed by atoms with E-state index >= 15 is 0 Å². The number of ether oxygens (including phenoxy) is 1. The molecule has 14 heavy (non-hydrogen) atoms. The van der Waals surface area contributed by atoms with E-state index in [1.54, 1.807) is 6.92 Å². The molecule has 5 heteroatoms. The molecule has 1 aliphatic heterocycles. The molecule has 0 aromatic carbocycles. The van der Waals surface area contributed by atoms with Gasteiger partial charge in [-0.2, -0.15) is 17.6 Å². The van der Waals surface area contributed by atoms with Gasteiger partial charge in [-0.3, -0.25) is 0 Å². The molecule has 0 aliphatic carbocycles. The van der Waals surface area contributed by atoms with Crippen LogP contribution in [-0.4, -0.2) is 18.1 Å². The standard InChI is InChI=1S/C9H14F4O/c1-3-6-5-7(4-2)14-9(12,13)8(6,10)11/h6-7H,3-5H2,1-2H3. The summed E-state index contributed by atoms with van der Waals surface area (Å²) >= 11 is 0. The molecule has 1 nitrogen and oxygen atoms in total. The van der Waals surface area contributed by atoms with E-state index in [0.29, 0.717) is 6.42 Å². The number of halogens is 4. The van der Waals surface area contributed by atoms with Gasteiger partial charge in [0.1, 0.15) is 0 Å². The van der Waals surface area contributed by atoms with Crippen LogP contribution in [0.5, 0.6) is 0 Å². The average molecular weight is 214 g/mol. The number of hydrogen-bond acceptors (Lipinski definition) is 1. The smallest absolute Gasteiger partial charge is 0.312 e. The van der Waals surface area contributed by atoms with E-state index in [1.165, 1.54) is 6.92 Å². The van der Waals surface area contributed by atoms with Gasteiger partial charge in [0.15, 0.2) is 0 Å². The van der Waals surface area contributed by atoms with Gasteiger partial charge in [0.2, 0.25) is 0 Å². The lowest BCUT2D eigenvalue weighted by Crippen LogP contribution is -2.55. The van der Waals surface area contributed by atoms with Gasteiger partial charge in [-0.1, -0.05) is 13.8 Å². The Kier molecular flexibility index (Phi) is 3.09. The van der Waals surface area contributed by atoms with Crippen molar-refractivity contribution >= 4 is 0 Å². The van der Waals surface area contributed by atoms with Gasteiger partial charge in [-0.25, -0.2) is 0 Å². The molecule has 2 atom stereocenters. The van der Waals surface area contributed by atoms with Gasteiger partial charge in [0.25, 0.3) is 0 Å². The molecule has 1 rings (SSSR count). The fourth-order valence-corrected chi connectivity index (χ4v) is 1.71. The second-order valence-corrected chi connectivity index (χ2v) is 3.63. The third-order valence-electron chi connectivity index (χ3n) is 2.71. The first-order valence-corrected chi connectivity index (χ1v) is 4.78. The van der Waals surface area contributed by atoms with Crippen LogP contribution in [0.3, 0.4) is 0 Å². The number of hydrogen-bond donors (Lipinski definition) is 0. The zero-order valence-electron chi connectivity index (χ0n) is 8.20. The first-order chi connectivity index (χ1) is 6.35. The SMILES string of the molecule is CCC1CC(CC)C(F)(F)C(F)(F)O1. The quantitative estimate of drug-likeness (QED) is 0.640. The monoisotopic (exact) mass is 214 g/mol. The van der Waals surface area contributed by atoms with Crippen LogP contribution in [0, 0.1) is 5.92 Å². The largest absolute Gasteiger partial charge is 0.419 e. The Balaban J connectivity index is 2.87. The molecular weight excluding hydrogens is 200 g/mol. The lowest BCUT2D eigenvalue weighted by Gasteiger charge is -2.40. The summed E-state index contributed by atoms with van der Waals surface area (Å²) in [6.07, 6.45) is -4.68. The Morgan fingerprint density at radius 1 is 1.14 bits per heavy atom. The molecule has 0 radical (unpaired) electrons. The highest BCUT2D eigenvalue weighted by molar-refractivity contribution is 4.90. The van der Waals surface area contributed by atoms with Crippen LogP contribution in [0.1, 0.15) is 33.1 Å². The molecule has 1 fully saturated rings. The highest BCUT2D eigenvalue weighted by Gasteiger charge is 2.65. The molecule has 1 heterocycles. The van der Waals surface area contributed by atoms with Crippen molar-refractivity contribution < 1.29 is 22.3 Å². The molecule has 1 saturated heterocycles. The van der Waals surface area contributed by atoms with Crippen LogP contribution < -0.4 is 0 Å². The lowest BCUT2D eigenvalue weighted by molar-refractivity contribution is -0.400. The van der Waals surface area contributed by atoms with E-state index < -0.39 is 24.1 Å². The van der Waals surface area contributed by atoms with Gasteiger partial charge >= 0.3 is 12.0 Å². The predicted octanol–water partition coefficient (Wildman–Crippen LogP) is 3.44. The van der Waals surface area contributed by atoms with E-state index in [-0.39, 0.29) is 12.8 Å². The Morgan fingerprint density at radius 2 is 1.71 bits per heavy atom. The van der Waals surface area contributed by atoms with E-state index in [0.717, 1.165) is 0 Å². The average Bonchev–Trinajstić information content (AvgIpc) is 2.09. The van der Waals surface area contributed by atoms with Crippen molar-refractivity contribution in [1.82, 2.24) is 0 Å². The fourth-order valence-electron chi connectivity index (χ4n) is 1.71. The van der Waals surface area contributed by atoms with Gasteiger partial charge in [-0.05, 0) is 19.3 Å². The summed E-state index contributed by atoms with van der Waals surface area (Å²) in [6.45, 7) is 3.14. The molecule has 0 saturated carbocycles. The predicted molar refractivity (Wildman–Crippen MR) is 43.5 cm³/mol. The highest BCUT2D eigenvalue weighted by atomic mass is 19.3. The van der Waals surface area contributed by atoms with E-state index in [2.05, 4.69) is 4.74 Å². The molecule has 0 spiro atoms. The normalized spacial score (nSPS) is 35.6. The maximum Gasteiger partial charge on any atom is 0.419 e. The highest BCUT2D eigenvalue weighted by Crippen LogP contribution is 2.49. The summed E-state index contributed by atoms with van der Waals surface area (Å²) in [6, 6.07) is 0. The van der Waals surface area contributed by atoms with Crippen LogP contribution in [-0.2, 0) is 4.74 Å². The molecule has 1 aliphatic rings. The lowest BCUT2D eigenvalue weighted by atomic mass is 9.88. The summed E-state index contributed by atoms with van der Waals surface area (Å²) in [5.41, 5.74) is 0. The molecule has 0 N–H and O–H groups in total. The molecular formula is C9H14F4O. The minimum atomic E-state index is -4.31. The van der Waals surface area contributed by atoms with E-state index in [1.807, 2.05) is 0 Å². The molecule has 0 aromatic heterocycles. The molecule has 0 bridgehead atoms. The fraction of sp³-hybridized carbons (Fsp3) is 1.00. The summed E-state index contributed by atoms with van der Waals surface area (Å²) in [7, 11) is 0. The Labute approximate surface area is 80.4 Å². The van der Waals surface area contributed by atoms with Crippen molar-refractivity contribution in [1.29, 1.82) is 0 Å². The van der Waals surface area contributed by atoms with E-state index in [9.17, 15) is 17.6 Å². The van der Waals surface area contributed by atoms with Crippen molar-refractivity contribution in [3.05, 3.63) is 0 Å². The molecule has 2 unspecified atom stereocenters. The minimum Gasteiger partial charge on any atom is -0.312 e. The van der Waals surface area contributed by atoms with Crippen LogP contribution in [0.25, 0.3) is 0 Å². The Morgan fingerprint density at radius 3 is 2.14 bits per heavy atom. The second kappa shape index (κ2) is 3.68. The minimum absolute atomic E-state index is 0.00951. The molecule has 0 aromatic rings. The third kappa shape index (κ3) is 1.74. The molecule has 0 amide bonds. The topological polar surface area (TPSA) is 9.23 Å². The summed E-state index contributed by atoms with van der Waals surface area (Å²) in [5, 5.41) is 0. The van der Waals surface area contributed by atoms with Gasteiger partial charge in [0.05, 0.1) is 6.10 Å². The van der Waals surface area contributed by atoms with Gasteiger partial charge < -0.3 is 4.74 Å². The van der Waals surface area contributed by atoms with Gasteiger partial charge in [0, 0.05) is 5.92 Å². The maximum atomic E-state index is 13.1. The Hall–Kier alpha value is -0.320. The zero-order chi connectivity index (χ0) is 11.0. The first-order valence-electron chi connectivity index (χ1n) is 4.78. The van der Waals surface area contributed by atoms with Crippen LogP contribution in [0.4, 0.5) is 17.6 Å². The summed E-state index contributed by atoms with van der Waals surface area (Å²) < 4.78 is 56.0. The molecule has 84 valence electrons. The first kappa shape index (κ1) is 11.8. The summed E-state index contributed by atoms with van der Waals surface area (Å²) in [5.74, 6) is -5.32. The van der Waals surface area contributed by atoms with Crippen molar-refractivity contribution in [3.63, 3.8) is 0 Å². The van der Waals surface area contributed by atoms with Crippen LogP contribution in [0.2, 0.25) is 0 Å². The van der Waals surface area contributed by atoms with Crippen molar-refractivity contribution in [2.45, 2.75) is 51.2 Å². The van der Waals surface area contributed by atoms with Crippen molar-refractivity contribution in [2.24, 2.45) is 5.92 Å². The number of alkyl halides is 4. The van der Waals surface area contributed by atoms with Gasteiger partial charge in [-0.15, -0.1) is 0 Å². The maximum absolute atomic E-state index is 13.1.